The number of hydrogen-bond donors (Lipinski definition) is 1. The van der Waals surface area contributed by atoms with Gasteiger partial charge in [0, 0.05) is 16.8 Å². The third-order valence-electron chi connectivity index (χ3n) is 2.46. The molecule has 0 radical (unpaired) electrons. The Bertz CT molecular complexity index is 371. The van der Waals surface area contributed by atoms with Gasteiger partial charge in [-0.1, -0.05) is 39.8 Å². The zero-order valence-electron chi connectivity index (χ0n) is 9.58. The van der Waals surface area contributed by atoms with Crippen molar-refractivity contribution in [3.63, 3.8) is 0 Å². The molecule has 0 aliphatic carbocycles. The summed E-state index contributed by atoms with van der Waals surface area (Å²) in [6, 6.07) is 7.58. The minimum atomic E-state index is -4.18. The highest BCUT2D eigenvalue weighted by Crippen LogP contribution is 2.31. The van der Waals surface area contributed by atoms with Crippen LogP contribution in [0.4, 0.5) is 13.2 Å². The van der Waals surface area contributed by atoms with Crippen LogP contribution in [0.5, 0.6) is 0 Å². The van der Waals surface area contributed by atoms with E-state index in [0.29, 0.717) is 12.8 Å². The van der Waals surface area contributed by atoms with Crippen molar-refractivity contribution < 1.29 is 18.3 Å². The van der Waals surface area contributed by atoms with E-state index in [9.17, 15) is 18.3 Å². The Hall–Kier alpha value is -0.200. The second-order valence-electron chi connectivity index (χ2n) is 3.97. The first-order valence-corrected chi connectivity index (χ1v) is 7.24. The van der Waals surface area contributed by atoms with Gasteiger partial charge in [-0.25, -0.2) is 0 Å². The van der Waals surface area contributed by atoms with Crippen molar-refractivity contribution in [2.75, 3.05) is 12.4 Å². The van der Waals surface area contributed by atoms with Gasteiger partial charge >= 0.3 is 5.51 Å². The highest BCUT2D eigenvalue weighted by molar-refractivity contribution is 9.10. The molecule has 0 fully saturated rings. The quantitative estimate of drug-likeness (QED) is 0.834. The van der Waals surface area contributed by atoms with Crippen molar-refractivity contribution >= 4 is 27.7 Å². The van der Waals surface area contributed by atoms with E-state index in [2.05, 4.69) is 15.9 Å². The molecule has 0 heterocycles. The molecule has 0 saturated heterocycles. The lowest BCUT2D eigenvalue weighted by molar-refractivity contribution is -0.0328. The maximum absolute atomic E-state index is 12.0. The number of hydrogen-bond acceptors (Lipinski definition) is 2. The van der Waals surface area contributed by atoms with Crippen molar-refractivity contribution in [1.82, 2.24) is 0 Å². The zero-order chi connectivity index (χ0) is 13.6. The van der Waals surface area contributed by atoms with E-state index in [1.54, 1.807) is 0 Å². The molecule has 1 unspecified atom stereocenters. The number of benzene rings is 1. The molecule has 1 aromatic rings. The topological polar surface area (TPSA) is 20.2 Å². The first kappa shape index (κ1) is 15.9. The zero-order valence-corrected chi connectivity index (χ0v) is 12.0. The van der Waals surface area contributed by atoms with Crippen LogP contribution in [0.1, 0.15) is 12.0 Å². The van der Waals surface area contributed by atoms with Crippen molar-refractivity contribution in [3.05, 3.63) is 34.3 Å². The number of alkyl halides is 3. The molecule has 1 atom stereocenters. The van der Waals surface area contributed by atoms with E-state index in [4.69, 9.17) is 0 Å². The molecule has 6 heteroatoms. The molecule has 0 saturated carbocycles. The second-order valence-corrected chi connectivity index (χ2v) is 6.04. The number of thioether (sulfide) groups is 1. The van der Waals surface area contributed by atoms with Crippen LogP contribution in [0, 0.1) is 5.92 Å². The molecule has 1 rings (SSSR count). The summed E-state index contributed by atoms with van der Waals surface area (Å²) in [7, 11) is 0. The number of aliphatic hydroxyl groups excluding tert-OH is 1. The summed E-state index contributed by atoms with van der Waals surface area (Å²) < 4.78 is 36.9. The average molecular weight is 343 g/mol. The molecular formula is C12H14BrF3OS. The second kappa shape index (κ2) is 7.40. The molecule has 18 heavy (non-hydrogen) atoms. The maximum atomic E-state index is 12.0. The van der Waals surface area contributed by atoms with Gasteiger partial charge in [0.05, 0.1) is 0 Å². The van der Waals surface area contributed by atoms with E-state index < -0.39 is 5.51 Å². The van der Waals surface area contributed by atoms with Crippen LogP contribution in [-0.4, -0.2) is 23.0 Å². The Morgan fingerprint density at radius 1 is 1.33 bits per heavy atom. The summed E-state index contributed by atoms with van der Waals surface area (Å²) in [5, 5.41) is 9.18. The summed E-state index contributed by atoms with van der Waals surface area (Å²) in [6.45, 7) is -0.0923. The molecule has 0 aromatic heterocycles. The molecule has 0 bridgehead atoms. The largest absolute Gasteiger partial charge is 0.441 e. The minimum absolute atomic E-state index is 0.0112. The first-order chi connectivity index (χ1) is 8.40. The third-order valence-corrected chi connectivity index (χ3v) is 3.72. The van der Waals surface area contributed by atoms with Crippen molar-refractivity contribution in [2.24, 2.45) is 5.92 Å². The third kappa shape index (κ3) is 6.66. The fourth-order valence-electron chi connectivity index (χ4n) is 1.60. The van der Waals surface area contributed by atoms with Gasteiger partial charge in [0.25, 0.3) is 0 Å². The van der Waals surface area contributed by atoms with Gasteiger partial charge in [0.2, 0.25) is 0 Å². The van der Waals surface area contributed by atoms with Crippen LogP contribution in [0.25, 0.3) is 0 Å². The van der Waals surface area contributed by atoms with Gasteiger partial charge in [0.1, 0.15) is 0 Å². The van der Waals surface area contributed by atoms with Crippen molar-refractivity contribution in [3.8, 4) is 0 Å². The van der Waals surface area contributed by atoms with E-state index in [1.807, 2.05) is 24.3 Å². The van der Waals surface area contributed by atoms with E-state index in [0.717, 1.165) is 10.0 Å². The molecule has 1 aromatic carbocycles. The molecule has 0 aliphatic rings. The monoisotopic (exact) mass is 342 g/mol. The summed E-state index contributed by atoms with van der Waals surface area (Å²) in [5.41, 5.74) is -3.17. The average Bonchev–Trinajstić information content (AvgIpc) is 2.26. The lowest BCUT2D eigenvalue weighted by Gasteiger charge is -2.14. The summed E-state index contributed by atoms with van der Waals surface area (Å²) >= 11 is 3.31. The van der Waals surface area contributed by atoms with Crippen LogP contribution in [0.2, 0.25) is 0 Å². The molecular weight excluding hydrogens is 329 g/mol. The van der Waals surface area contributed by atoms with Gasteiger partial charge < -0.3 is 5.11 Å². The molecule has 0 spiro atoms. The standard InChI is InChI=1S/C12H14BrF3OS/c13-11-3-1-2-9(7-11)6-10(8-17)4-5-18-12(14,15)16/h1-3,7,10,17H,4-6,8H2. The van der Waals surface area contributed by atoms with Gasteiger partial charge in [-0.3, -0.25) is 0 Å². The van der Waals surface area contributed by atoms with Gasteiger partial charge in [-0.15, -0.1) is 0 Å². The predicted octanol–water partition coefficient (Wildman–Crippen LogP) is 4.24. The van der Waals surface area contributed by atoms with Crippen LogP contribution in [-0.2, 0) is 6.42 Å². The van der Waals surface area contributed by atoms with Gasteiger partial charge in [-0.2, -0.15) is 13.2 Å². The highest BCUT2D eigenvalue weighted by Gasteiger charge is 2.28. The first-order valence-electron chi connectivity index (χ1n) is 5.46. The number of rotatable bonds is 6. The summed E-state index contributed by atoms with van der Waals surface area (Å²) in [6.07, 6.45) is 0.946. The molecule has 1 nitrogen and oxygen atoms in total. The van der Waals surface area contributed by atoms with Crippen LogP contribution in [0.3, 0.4) is 0 Å². The van der Waals surface area contributed by atoms with E-state index in [-0.39, 0.29) is 30.0 Å². The normalized spacial score (nSPS) is 13.6. The Balaban J connectivity index is 2.42. The molecule has 1 N–H and O–H groups in total. The van der Waals surface area contributed by atoms with Gasteiger partial charge in [-0.05, 0) is 36.5 Å². The Kier molecular flexibility index (Phi) is 6.52. The lowest BCUT2D eigenvalue weighted by atomic mass is 9.98. The Labute approximate surface area is 117 Å². The predicted molar refractivity (Wildman–Crippen MR) is 71.6 cm³/mol. The Morgan fingerprint density at radius 2 is 2.06 bits per heavy atom. The fraction of sp³-hybridized carbons (Fsp3) is 0.500. The smallest absolute Gasteiger partial charge is 0.396 e. The fourth-order valence-corrected chi connectivity index (χ4v) is 2.73. The van der Waals surface area contributed by atoms with Crippen LogP contribution in [0.15, 0.2) is 28.7 Å². The number of halogens is 4. The maximum Gasteiger partial charge on any atom is 0.441 e. The van der Waals surface area contributed by atoms with Crippen LogP contribution < -0.4 is 0 Å². The summed E-state index contributed by atoms with van der Waals surface area (Å²) in [5.74, 6) is -0.142. The van der Waals surface area contributed by atoms with Crippen molar-refractivity contribution in [2.45, 2.75) is 18.3 Å². The highest BCUT2D eigenvalue weighted by atomic mass is 79.9. The molecule has 102 valence electrons. The lowest BCUT2D eigenvalue weighted by Crippen LogP contribution is -2.12. The minimum Gasteiger partial charge on any atom is -0.396 e. The molecule has 0 amide bonds. The van der Waals surface area contributed by atoms with Gasteiger partial charge in [0.15, 0.2) is 0 Å². The number of aliphatic hydroxyl groups is 1. The SMILES string of the molecule is OCC(CCSC(F)(F)F)Cc1cccc(Br)c1. The Morgan fingerprint density at radius 3 is 2.61 bits per heavy atom. The van der Waals surface area contributed by atoms with Crippen molar-refractivity contribution in [1.29, 1.82) is 0 Å². The van der Waals surface area contributed by atoms with E-state index in [1.165, 1.54) is 0 Å². The van der Waals surface area contributed by atoms with E-state index >= 15 is 0 Å². The van der Waals surface area contributed by atoms with Crippen LogP contribution >= 0.6 is 27.7 Å². The summed E-state index contributed by atoms with van der Waals surface area (Å²) in [4.78, 5) is 0. The molecule has 0 aliphatic heterocycles.